The van der Waals surface area contributed by atoms with Crippen LogP contribution in [0.2, 0.25) is 0 Å². The number of hydrogen-bond acceptors (Lipinski definition) is 5. The predicted molar refractivity (Wildman–Crippen MR) is 84.7 cm³/mol. The summed E-state index contributed by atoms with van der Waals surface area (Å²) >= 11 is 5.69. The highest BCUT2D eigenvalue weighted by atomic mass is 35.5. The Kier molecular flexibility index (Phi) is 4.87. The van der Waals surface area contributed by atoms with Crippen molar-refractivity contribution in [3.05, 3.63) is 35.4 Å². The van der Waals surface area contributed by atoms with E-state index in [-0.39, 0.29) is 10.9 Å². The van der Waals surface area contributed by atoms with Crippen molar-refractivity contribution in [1.82, 2.24) is 14.8 Å². The summed E-state index contributed by atoms with van der Waals surface area (Å²) in [5.41, 5.74) is 0.672. The van der Waals surface area contributed by atoms with E-state index in [1.165, 1.54) is 10.6 Å². The highest BCUT2D eigenvalue weighted by Crippen LogP contribution is 2.28. The standard InChI is InChI=1S/C14H16ClN3O3S/c1-10(15)8-9-22(19,20)14-17-16-13(18(14)2)11-6-4-5-7-12(11)21-3/h4-8H,9H2,1-3H3. The number of halogens is 1. The van der Waals surface area contributed by atoms with Crippen molar-refractivity contribution in [3.8, 4) is 17.1 Å². The van der Waals surface area contributed by atoms with Crippen LogP contribution < -0.4 is 4.74 Å². The van der Waals surface area contributed by atoms with E-state index in [0.29, 0.717) is 22.2 Å². The van der Waals surface area contributed by atoms with Crippen molar-refractivity contribution in [2.45, 2.75) is 12.1 Å². The zero-order valence-corrected chi connectivity index (χ0v) is 14.0. The smallest absolute Gasteiger partial charge is 0.250 e. The lowest BCUT2D eigenvalue weighted by Gasteiger charge is -2.08. The number of sulfone groups is 1. The highest BCUT2D eigenvalue weighted by Gasteiger charge is 2.23. The molecule has 0 radical (unpaired) electrons. The summed E-state index contributed by atoms with van der Waals surface area (Å²) in [5.74, 6) is 0.793. The molecule has 1 heterocycles. The monoisotopic (exact) mass is 341 g/mol. The van der Waals surface area contributed by atoms with Crippen LogP contribution in [-0.4, -0.2) is 36.0 Å². The van der Waals surface area contributed by atoms with E-state index in [2.05, 4.69) is 10.2 Å². The molecule has 0 amide bonds. The van der Waals surface area contributed by atoms with E-state index in [9.17, 15) is 8.42 Å². The van der Waals surface area contributed by atoms with Gasteiger partial charge in [0, 0.05) is 12.1 Å². The number of aromatic nitrogens is 3. The second-order valence-corrected chi connectivity index (χ2v) is 7.16. The fourth-order valence-electron chi connectivity index (χ4n) is 1.95. The van der Waals surface area contributed by atoms with Crippen LogP contribution in [0.25, 0.3) is 11.4 Å². The Morgan fingerprint density at radius 3 is 2.68 bits per heavy atom. The molecule has 2 aromatic rings. The summed E-state index contributed by atoms with van der Waals surface area (Å²) in [6.45, 7) is 1.62. The second-order valence-electron chi connectivity index (χ2n) is 4.64. The molecule has 0 atom stereocenters. The van der Waals surface area contributed by atoms with Crippen molar-refractivity contribution in [2.75, 3.05) is 12.9 Å². The third-order valence-electron chi connectivity index (χ3n) is 3.04. The largest absolute Gasteiger partial charge is 0.496 e. The molecule has 1 aromatic carbocycles. The van der Waals surface area contributed by atoms with Crippen molar-refractivity contribution >= 4 is 21.4 Å². The molecule has 0 saturated carbocycles. The van der Waals surface area contributed by atoms with Gasteiger partial charge in [0.15, 0.2) is 5.82 Å². The number of ether oxygens (including phenoxy) is 1. The van der Waals surface area contributed by atoms with Gasteiger partial charge in [0.2, 0.25) is 15.0 Å². The van der Waals surface area contributed by atoms with Gasteiger partial charge in [0.05, 0.1) is 18.4 Å². The second kappa shape index (κ2) is 6.50. The Labute approximate surface area is 134 Å². The van der Waals surface area contributed by atoms with Crippen molar-refractivity contribution in [3.63, 3.8) is 0 Å². The number of rotatable bonds is 5. The van der Waals surface area contributed by atoms with Crippen LogP contribution in [0.3, 0.4) is 0 Å². The first kappa shape index (κ1) is 16.5. The molecule has 118 valence electrons. The Hall–Kier alpha value is -1.86. The SMILES string of the molecule is COc1ccccc1-c1nnc(S(=O)(=O)CC=C(C)Cl)n1C. The van der Waals surface area contributed by atoms with Gasteiger partial charge in [-0.3, -0.25) is 0 Å². The first-order chi connectivity index (χ1) is 10.4. The molecule has 1 aromatic heterocycles. The van der Waals surface area contributed by atoms with Crippen LogP contribution >= 0.6 is 11.6 Å². The normalized spacial score (nSPS) is 12.5. The molecule has 8 heteroatoms. The van der Waals surface area contributed by atoms with E-state index in [4.69, 9.17) is 16.3 Å². The summed E-state index contributed by atoms with van der Waals surface area (Å²) in [4.78, 5) is 0. The maximum absolute atomic E-state index is 12.3. The lowest BCUT2D eigenvalue weighted by molar-refractivity contribution is 0.416. The zero-order chi connectivity index (χ0) is 16.3. The van der Waals surface area contributed by atoms with E-state index in [0.717, 1.165) is 0 Å². The maximum Gasteiger partial charge on any atom is 0.250 e. The van der Waals surface area contributed by atoms with Gasteiger partial charge in [-0.2, -0.15) is 0 Å². The minimum Gasteiger partial charge on any atom is -0.496 e. The first-order valence-corrected chi connectivity index (χ1v) is 8.47. The molecule has 0 unspecified atom stereocenters. The molecule has 0 saturated heterocycles. The molecule has 0 bridgehead atoms. The molecule has 0 spiro atoms. The minimum atomic E-state index is -3.61. The molecule has 0 aliphatic heterocycles. The van der Waals surface area contributed by atoms with Gasteiger partial charge in [-0.25, -0.2) is 8.42 Å². The fourth-order valence-corrected chi connectivity index (χ4v) is 3.40. The quantitative estimate of drug-likeness (QED) is 0.834. The molecule has 0 fully saturated rings. The maximum atomic E-state index is 12.3. The number of nitrogens with zero attached hydrogens (tertiary/aromatic N) is 3. The predicted octanol–water partition coefficient (Wildman–Crippen LogP) is 2.41. The lowest BCUT2D eigenvalue weighted by atomic mass is 10.2. The Bertz CT molecular complexity index is 808. The Morgan fingerprint density at radius 1 is 1.36 bits per heavy atom. The Morgan fingerprint density at radius 2 is 2.05 bits per heavy atom. The molecule has 22 heavy (non-hydrogen) atoms. The summed E-state index contributed by atoms with van der Waals surface area (Å²) in [6, 6.07) is 7.21. The van der Waals surface area contributed by atoms with Crippen LogP contribution in [0.15, 0.2) is 40.5 Å². The van der Waals surface area contributed by atoms with E-state index in [1.807, 2.05) is 12.1 Å². The van der Waals surface area contributed by atoms with Crippen LogP contribution in [0.1, 0.15) is 6.92 Å². The third kappa shape index (κ3) is 3.31. The molecule has 0 N–H and O–H groups in total. The summed E-state index contributed by atoms with van der Waals surface area (Å²) < 4.78 is 31.3. The molecular formula is C14H16ClN3O3S. The van der Waals surface area contributed by atoms with Crippen molar-refractivity contribution < 1.29 is 13.2 Å². The van der Waals surface area contributed by atoms with Gasteiger partial charge in [-0.15, -0.1) is 10.2 Å². The van der Waals surface area contributed by atoms with E-state index < -0.39 is 9.84 Å². The van der Waals surface area contributed by atoms with Gasteiger partial charge in [0.25, 0.3) is 0 Å². The summed E-state index contributed by atoms with van der Waals surface area (Å²) in [6.07, 6.45) is 1.42. The summed E-state index contributed by atoms with van der Waals surface area (Å²) in [7, 11) is -0.459. The Balaban J connectivity index is 2.48. The number of benzene rings is 1. The zero-order valence-electron chi connectivity index (χ0n) is 12.4. The summed E-state index contributed by atoms with van der Waals surface area (Å²) in [5, 5.41) is 8.11. The van der Waals surface area contributed by atoms with Crippen LogP contribution in [0, 0.1) is 0 Å². The van der Waals surface area contributed by atoms with Gasteiger partial charge in [0.1, 0.15) is 5.75 Å². The fraction of sp³-hybridized carbons (Fsp3) is 0.286. The third-order valence-corrected chi connectivity index (χ3v) is 4.72. The first-order valence-electron chi connectivity index (χ1n) is 6.44. The van der Waals surface area contributed by atoms with Gasteiger partial charge in [-0.1, -0.05) is 29.8 Å². The molecular weight excluding hydrogens is 326 g/mol. The van der Waals surface area contributed by atoms with Crippen LogP contribution in [0.4, 0.5) is 0 Å². The average molecular weight is 342 g/mol. The number of methoxy groups -OCH3 is 1. The van der Waals surface area contributed by atoms with Crippen molar-refractivity contribution in [1.29, 1.82) is 0 Å². The highest BCUT2D eigenvalue weighted by molar-refractivity contribution is 7.91. The van der Waals surface area contributed by atoms with Crippen LogP contribution in [0.5, 0.6) is 5.75 Å². The van der Waals surface area contributed by atoms with Gasteiger partial charge in [-0.05, 0) is 19.1 Å². The topological polar surface area (TPSA) is 74.1 Å². The van der Waals surface area contributed by atoms with Gasteiger partial charge >= 0.3 is 0 Å². The molecule has 6 nitrogen and oxygen atoms in total. The number of allylic oxidation sites excluding steroid dienone is 1. The average Bonchev–Trinajstić information content (AvgIpc) is 2.87. The minimum absolute atomic E-state index is 0.109. The van der Waals surface area contributed by atoms with E-state index in [1.54, 1.807) is 33.2 Å². The van der Waals surface area contributed by atoms with Crippen molar-refractivity contribution in [2.24, 2.45) is 7.05 Å². The van der Waals surface area contributed by atoms with Gasteiger partial charge < -0.3 is 9.30 Å². The molecule has 0 aliphatic rings. The lowest BCUT2D eigenvalue weighted by Crippen LogP contribution is -2.12. The number of hydrogen-bond donors (Lipinski definition) is 0. The molecule has 2 rings (SSSR count). The van der Waals surface area contributed by atoms with Crippen LogP contribution in [-0.2, 0) is 16.9 Å². The molecule has 0 aliphatic carbocycles. The van der Waals surface area contributed by atoms with E-state index >= 15 is 0 Å². The number of para-hydroxylation sites is 1.